The summed E-state index contributed by atoms with van der Waals surface area (Å²) in [5.41, 5.74) is 10.5. The summed E-state index contributed by atoms with van der Waals surface area (Å²) >= 11 is 1.43. The molecule has 8 rings (SSSR count). The average Bonchev–Trinajstić information content (AvgIpc) is 3.98. The maximum Gasteiger partial charge on any atom is 0.324 e. The van der Waals surface area contributed by atoms with Gasteiger partial charge in [0.15, 0.2) is 0 Å². The van der Waals surface area contributed by atoms with Crippen LogP contribution in [0.2, 0.25) is 0 Å². The molecule has 356 valence electrons. The van der Waals surface area contributed by atoms with Crippen LogP contribution in [0, 0.1) is 11.3 Å². The van der Waals surface area contributed by atoms with Gasteiger partial charge in [0.25, 0.3) is 5.91 Å². The second-order valence-corrected chi connectivity index (χ2v) is 20.3. The number of aryl methyl sites for hydroxylation is 1. The molecule has 15 nitrogen and oxygen atoms in total. The van der Waals surface area contributed by atoms with Crippen molar-refractivity contribution in [1.29, 1.82) is 0 Å². The number of hydrazine groups is 1. The van der Waals surface area contributed by atoms with Gasteiger partial charge in [-0.3, -0.25) is 29.4 Å². The lowest BCUT2D eigenvalue weighted by Crippen LogP contribution is -2.62. The van der Waals surface area contributed by atoms with Crippen molar-refractivity contribution in [2.24, 2.45) is 11.3 Å². The summed E-state index contributed by atoms with van der Waals surface area (Å²) < 4.78 is 14.3. The van der Waals surface area contributed by atoms with Crippen molar-refractivity contribution in [1.82, 2.24) is 45.1 Å². The predicted octanol–water partition coefficient (Wildman–Crippen LogP) is 7.38. The van der Waals surface area contributed by atoms with Crippen molar-refractivity contribution in [2.45, 2.75) is 123 Å². The molecule has 4 atom stereocenters. The molecule has 4 amide bonds. The van der Waals surface area contributed by atoms with Gasteiger partial charge in [0.05, 0.1) is 34.8 Å². The fourth-order valence-electron chi connectivity index (χ4n) is 9.69. The van der Waals surface area contributed by atoms with E-state index in [4.69, 9.17) is 19.4 Å². The highest BCUT2D eigenvalue weighted by molar-refractivity contribution is 7.10. The Bertz CT molecular complexity index is 2590. The van der Waals surface area contributed by atoms with Gasteiger partial charge in [-0.2, -0.15) is 0 Å². The third-order valence-corrected chi connectivity index (χ3v) is 14.3. The molecule has 16 heteroatoms. The Hall–Kier alpha value is -5.71. The maximum absolute atomic E-state index is 14.7. The van der Waals surface area contributed by atoms with Gasteiger partial charge in [-0.15, -0.1) is 11.3 Å². The number of urea groups is 1. The van der Waals surface area contributed by atoms with Crippen LogP contribution in [-0.4, -0.2) is 116 Å². The molecule has 2 aliphatic heterocycles. The van der Waals surface area contributed by atoms with Gasteiger partial charge >= 0.3 is 12.0 Å². The van der Waals surface area contributed by atoms with E-state index in [1.807, 2.05) is 49.3 Å². The van der Waals surface area contributed by atoms with E-state index in [0.29, 0.717) is 50.3 Å². The summed E-state index contributed by atoms with van der Waals surface area (Å²) in [6.45, 7) is 13.9. The Labute approximate surface area is 397 Å². The van der Waals surface area contributed by atoms with Gasteiger partial charge in [-0.25, -0.2) is 15.2 Å². The average molecular weight is 932 g/mol. The molecule has 1 unspecified atom stereocenters. The molecule has 0 radical (unpaired) electrons. The summed E-state index contributed by atoms with van der Waals surface area (Å²) in [5, 5.41) is 8.25. The van der Waals surface area contributed by atoms with Crippen LogP contribution in [0.3, 0.4) is 0 Å². The fourth-order valence-corrected chi connectivity index (χ4v) is 10.5. The van der Waals surface area contributed by atoms with Gasteiger partial charge in [-0.05, 0) is 106 Å². The van der Waals surface area contributed by atoms with Crippen LogP contribution in [0.4, 0.5) is 4.79 Å². The molecule has 1 saturated heterocycles. The van der Waals surface area contributed by atoms with Crippen LogP contribution in [0.15, 0.2) is 66.4 Å². The number of benzene rings is 1. The zero-order valence-electron chi connectivity index (χ0n) is 40.1. The number of methoxy groups -OCH3 is 1. The molecule has 2 N–H and O–H groups in total. The van der Waals surface area contributed by atoms with Crippen LogP contribution >= 0.6 is 11.3 Å². The number of likely N-dealkylation sites (N-methyl/N-ethyl adjacent to an activating group) is 1. The Morgan fingerprint density at radius 3 is 2.57 bits per heavy atom. The first-order chi connectivity index (χ1) is 32.2. The first kappa shape index (κ1) is 47.8. The van der Waals surface area contributed by atoms with Crippen molar-refractivity contribution in [3.05, 3.63) is 88.3 Å². The van der Waals surface area contributed by atoms with E-state index in [1.165, 1.54) is 21.2 Å². The molecular formula is C51H65N9O6S. The molecule has 1 saturated carbocycles. The van der Waals surface area contributed by atoms with Crippen LogP contribution < -0.4 is 10.7 Å². The Morgan fingerprint density at radius 1 is 1.07 bits per heavy atom. The number of carbonyl (C=O) groups is 4. The smallest absolute Gasteiger partial charge is 0.324 e. The molecule has 2 fully saturated rings. The lowest BCUT2D eigenvalue weighted by atomic mass is 9.84. The third kappa shape index (κ3) is 10.4. The van der Waals surface area contributed by atoms with Crippen LogP contribution in [-0.2, 0) is 49.7 Å². The van der Waals surface area contributed by atoms with Crippen molar-refractivity contribution < 1.29 is 28.7 Å². The lowest BCUT2D eigenvalue weighted by Gasteiger charge is -2.37. The lowest BCUT2D eigenvalue weighted by molar-refractivity contribution is -0.155. The third-order valence-electron chi connectivity index (χ3n) is 13.4. The van der Waals surface area contributed by atoms with E-state index < -0.39 is 41.3 Å². The number of nitrogens with zero attached hydrogens (tertiary/aromatic N) is 7. The number of cyclic esters (lactones) is 1. The molecule has 1 aromatic carbocycles. The topological polar surface area (TPSA) is 164 Å². The minimum absolute atomic E-state index is 0.102. The van der Waals surface area contributed by atoms with E-state index >= 15 is 0 Å². The minimum atomic E-state index is -1.05. The Kier molecular flexibility index (Phi) is 14.4. The van der Waals surface area contributed by atoms with Crippen LogP contribution in [0.1, 0.15) is 95.2 Å². The first-order valence-corrected chi connectivity index (χ1v) is 24.6. The summed E-state index contributed by atoms with van der Waals surface area (Å²) in [6, 6.07) is 11.6. The van der Waals surface area contributed by atoms with Gasteiger partial charge in [0, 0.05) is 97.7 Å². The number of fused-ring (bicyclic) bond motifs is 6. The largest absolute Gasteiger partial charge is 0.464 e. The summed E-state index contributed by atoms with van der Waals surface area (Å²) in [6.07, 6.45) is 9.27. The van der Waals surface area contributed by atoms with Crippen molar-refractivity contribution in [3.8, 4) is 22.5 Å². The standard InChI is InChI=1S/C51H65N9O6S/c1-9-58-42-17-14-34-26-37(42)38(46(58)36-12-10-21-53-44(36)32(4)65-8)28-51(5,6)30-66-49(63)39-13-11-24-60(56-39)48(62)40(27-43-54-41(34)29-67-43)55-47(61)45(31(2)3)57(7)50(64)59(35-15-16-35)25-20-33-18-22-52-23-19-33/h10,12,14,17-19,21-23,26,29,31-32,35,39-40,45,56H,9,11,13,15-16,20,24-25,27-28,30H2,1-8H3,(H,55,61)/t32-,39-,40-,45?/m0/s1. The highest BCUT2D eigenvalue weighted by atomic mass is 32.1. The number of rotatable bonds is 12. The molecule has 67 heavy (non-hydrogen) atoms. The Balaban J connectivity index is 1.14. The van der Waals surface area contributed by atoms with Crippen molar-refractivity contribution >= 4 is 46.1 Å². The molecule has 6 heterocycles. The Morgan fingerprint density at radius 2 is 1.85 bits per heavy atom. The highest BCUT2D eigenvalue weighted by Crippen LogP contribution is 2.42. The highest BCUT2D eigenvalue weighted by Gasteiger charge is 2.41. The molecule has 6 bridgehead atoms. The number of hydrogen-bond acceptors (Lipinski definition) is 11. The van der Waals surface area contributed by atoms with Gasteiger partial charge < -0.3 is 29.2 Å². The zero-order valence-corrected chi connectivity index (χ0v) is 40.9. The summed E-state index contributed by atoms with van der Waals surface area (Å²) in [4.78, 5) is 75.0. The number of carbonyl (C=O) groups excluding carboxylic acids is 4. The molecular weight excluding hydrogens is 867 g/mol. The van der Waals surface area contributed by atoms with Gasteiger partial charge in [-0.1, -0.05) is 33.8 Å². The van der Waals surface area contributed by atoms with Gasteiger partial charge in [0.1, 0.15) is 18.1 Å². The van der Waals surface area contributed by atoms with E-state index in [2.05, 4.69) is 65.3 Å². The monoisotopic (exact) mass is 931 g/mol. The predicted molar refractivity (Wildman–Crippen MR) is 259 cm³/mol. The van der Waals surface area contributed by atoms with Gasteiger partial charge in [0.2, 0.25) is 5.91 Å². The number of aromatic nitrogens is 4. The van der Waals surface area contributed by atoms with Crippen molar-refractivity contribution in [3.63, 3.8) is 0 Å². The van der Waals surface area contributed by atoms with Crippen LogP contribution in [0.25, 0.3) is 33.4 Å². The second kappa shape index (κ2) is 20.3. The number of thiazole rings is 1. The number of pyridine rings is 2. The normalized spacial score (nSPS) is 19.7. The quantitative estimate of drug-likeness (QED) is 0.121. The number of amides is 4. The molecule has 3 aliphatic rings. The number of ether oxygens (including phenoxy) is 2. The second-order valence-electron chi connectivity index (χ2n) is 19.4. The van der Waals surface area contributed by atoms with E-state index in [1.54, 1.807) is 32.7 Å². The summed E-state index contributed by atoms with van der Waals surface area (Å²) in [7, 11) is 3.36. The minimum Gasteiger partial charge on any atom is -0.464 e. The first-order valence-electron chi connectivity index (χ1n) is 23.7. The maximum atomic E-state index is 14.7. The number of esters is 1. The number of nitrogens with one attached hydrogen (secondary N) is 2. The molecule has 5 aromatic rings. The zero-order chi connectivity index (χ0) is 47.6. The van der Waals surface area contributed by atoms with Crippen molar-refractivity contribution in [2.75, 3.05) is 33.9 Å². The molecule has 4 aromatic heterocycles. The van der Waals surface area contributed by atoms with E-state index in [0.717, 1.165) is 63.1 Å². The molecule has 1 aliphatic carbocycles. The molecule has 0 spiro atoms. The van der Waals surface area contributed by atoms with E-state index in [9.17, 15) is 19.2 Å². The number of hydrogen-bond donors (Lipinski definition) is 2. The fraction of sp³-hybridized carbons (Fsp3) is 0.510. The SMILES string of the molecule is CCn1c(-c2cccnc2[C@H](C)OC)c2c3cc(ccc31)-c1csc(n1)C[C@H](NC(=O)C(C(C)C)N(C)C(=O)N(CCc1ccncc1)C1CC1)C(=O)N1CCC[C@H](N1)C(=O)OCC(C)(C)C2. The summed E-state index contributed by atoms with van der Waals surface area (Å²) in [5.74, 6) is -1.55. The van der Waals surface area contributed by atoms with Crippen LogP contribution in [0.5, 0.6) is 0 Å². The van der Waals surface area contributed by atoms with E-state index in [-0.39, 0.29) is 37.1 Å².